The molecular formula is C18H26FN3O4S. The molecule has 2 aliphatic heterocycles. The number of carbonyl (C=O) groups excluding carboxylic acids is 1. The summed E-state index contributed by atoms with van der Waals surface area (Å²) in [5.74, 6) is -0.659. The van der Waals surface area contributed by atoms with Crippen LogP contribution < -0.4 is 10.5 Å². The molecule has 27 heavy (non-hydrogen) atoms. The third-order valence-corrected chi connectivity index (χ3v) is 6.74. The van der Waals surface area contributed by atoms with E-state index in [1.807, 2.05) is 0 Å². The minimum atomic E-state index is -3.85. The lowest BCUT2D eigenvalue weighted by Gasteiger charge is -2.36. The van der Waals surface area contributed by atoms with Gasteiger partial charge in [0.15, 0.2) is 0 Å². The second kappa shape index (κ2) is 8.64. The lowest BCUT2D eigenvalue weighted by atomic mass is 9.91. The highest BCUT2D eigenvalue weighted by atomic mass is 32.2. The van der Waals surface area contributed by atoms with E-state index in [4.69, 9.17) is 10.5 Å². The Labute approximate surface area is 159 Å². The summed E-state index contributed by atoms with van der Waals surface area (Å²) >= 11 is 0. The van der Waals surface area contributed by atoms with Gasteiger partial charge in [0, 0.05) is 32.3 Å². The van der Waals surface area contributed by atoms with Gasteiger partial charge < -0.3 is 15.4 Å². The molecule has 3 N–H and O–H groups in total. The molecule has 150 valence electrons. The van der Waals surface area contributed by atoms with E-state index in [9.17, 15) is 17.6 Å². The highest BCUT2D eigenvalue weighted by Gasteiger charge is 2.33. The molecule has 2 aliphatic rings. The minimum Gasteiger partial charge on any atom is -0.381 e. The SMILES string of the molecule is NC(C(=O)N1CCCC(NS(=O)(=O)c2cccc(F)c2)C1)C1CCOCC1. The smallest absolute Gasteiger partial charge is 0.240 e. The van der Waals surface area contributed by atoms with Crippen molar-refractivity contribution in [3.8, 4) is 0 Å². The summed E-state index contributed by atoms with van der Waals surface area (Å²) in [4.78, 5) is 14.3. The number of carbonyl (C=O) groups is 1. The lowest BCUT2D eigenvalue weighted by Crippen LogP contribution is -2.55. The van der Waals surface area contributed by atoms with Gasteiger partial charge in [0.25, 0.3) is 0 Å². The number of nitrogens with two attached hydrogens (primary N) is 1. The first-order chi connectivity index (χ1) is 12.9. The van der Waals surface area contributed by atoms with Crippen LogP contribution >= 0.6 is 0 Å². The van der Waals surface area contributed by atoms with Crippen molar-refractivity contribution in [3.05, 3.63) is 30.1 Å². The highest BCUT2D eigenvalue weighted by Crippen LogP contribution is 2.21. The average molecular weight is 399 g/mol. The molecule has 0 radical (unpaired) electrons. The Bertz CT molecular complexity index is 768. The predicted molar refractivity (Wildman–Crippen MR) is 97.8 cm³/mol. The first kappa shape index (κ1) is 20.2. The Morgan fingerprint density at radius 1 is 1.30 bits per heavy atom. The maximum Gasteiger partial charge on any atom is 0.240 e. The molecule has 2 heterocycles. The van der Waals surface area contributed by atoms with E-state index < -0.39 is 27.9 Å². The number of halogens is 1. The second-order valence-electron chi connectivity index (χ2n) is 7.18. The number of likely N-dealkylation sites (tertiary alicyclic amines) is 1. The first-order valence-corrected chi connectivity index (χ1v) is 10.7. The number of sulfonamides is 1. The summed E-state index contributed by atoms with van der Waals surface area (Å²) in [5, 5.41) is 0. The van der Waals surface area contributed by atoms with E-state index in [0.717, 1.165) is 18.9 Å². The molecule has 0 aromatic heterocycles. The monoisotopic (exact) mass is 399 g/mol. The van der Waals surface area contributed by atoms with Crippen LogP contribution in [0.3, 0.4) is 0 Å². The molecule has 2 fully saturated rings. The summed E-state index contributed by atoms with van der Waals surface area (Å²) in [6, 6.07) is 3.86. The molecular weight excluding hydrogens is 373 g/mol. The molecule has 0 bridgehead atoms. The summed E-state index contributed by atoms with van der Waals surface area (Å²) in [6.07, 6.45) is 2.82. The normalized spacial score (nSPS) is 23.2. The number of hydrogen-bond acceptors (Lipinski definition) is 5. The van der Waals surface area contributed by atoms with E-state index in [1.165, 1.54) is 18.2 Å². The standard InChI is InChI=1S/C18H26FN3O4S/c19-14-3-1-5-16(11-14)27(24,25)21-15-4-2-8-22(12-15)18(23)17(20)13-6-9-26-10-7-13/h1,3,5,11,13,15,17,21H,2,4,6-10,12,20H2. The van der Waals surface area contributed by atoms with Crippen LogP contribution in [0, 0.1) is 11.7 Å². The third-order valence-electron chi connectivity index (χ3n) is 5.22. The maximum atomic E-state index is 13.3. The number of rotatable bonds is 5. The molecule has 0 spiro atoms. The van der Waals surface area contributed by atoms with Gasteiger partial charge in [0.2, 0.25) is 15.9 Å². The molecule has 9 heteroatoms. The summed E-state index contributed by atoms with van der Waals surface area (Å²) < 4.78 is 46.2. The van der Waals surface area contributed by atoms with Gasteiger partial charge in [-0.1, -0.05) is 6.07 Å². The van der Waals surface area contributed by atoms with Crippen LogP contribution in [-0.4, -0.2) is 57.6 Å². The Morgan fingerprint density at radius 2 is 2.04 bits per heavy atom. The Morgan fingerprint density at radius 3 is 2.74 bits per heavy atom. The Hall–Kier alpha value is -1.55. The van der Waals surface area contributed by atoms with Crippen molar-refractivity contribution in [2.75, 3.05) is 26.3 Å². The number of amides is 1. The van der Waals surface area contributed by atoms with E-state index >= 15 is 0 Å². The van der Waals surface area contributed by atoms with Crippen molar-refractivity contribution < 1.29 is 22.3 Å². The quantitative estimate of drug-likeness (QED) is 0.764. The van der Waals surface area contributed by atoms with Gasteiger partial charge >= 0.3 is 0 Å². The molecule has 7 nitrogen and oxygen atoms in total. The summed E-state index contributed by atoms with van der Waals surface area (Å²) in [6.45, 7) is 2.06. The minimum absolute atomic E-state index is 0.0932. The highest BCUT2D eigenvalue weighted by molar-refractivity contribution is 7.89. The Balaban J connectivity index is 1.62. The van der Waals surface area contributed by atoms with Crippen molar-refractivity contribution in [2.45, 2.75) is 42.7 Å². The van der Waals surface area contributed by atoms with Crippen molar-refractivity contribution in [2.24, 2.45) is 11.7 Å². The van der Waals surface area contributed by atoms with Crippen LogP contribution in [0.5, 0.6) is 0 Å². The van der Waals surface area contributed by atoms with Crippen LogP contribution in [-0.2, 0) is 19.6 Å². The van der Waals surface area contributed by atoms with Gasteiger partial charge in [0.05, 0.1) is 10.9 Å². The topological polar surface area (TPSA) is 102 Å². The summed E-state index contributed by atoms with van der Waals surface area (Å²) in [5.41, 5.74) is 6.18. The van der Waals surface area contributed by atoms with Crippen LogP contribution in [0.25, 0.3) is 0 Å². The number of hydrogen-bond donors (Lipinski definition) is 2. The molecule has 2 saturated heterocycles. The number of ether oxygens (including phenoxy) is 1. The molecule has 1 amide bonds. The molecule has 0 aliphatic carbocycles. The number of benzene rings is 1. The number of nitrogens with zero attached hydrogens (tertiary/aromatic N) is 1. The van der Waals surface area contributed by atoms with Gasteiger partial charge in [-0.05, 0) is 49.8 Å². The zero-order valence-electron chi connectivity index (χ0n) is 15.1. The molecule has 2 unspecified atom stereocenters. The van der Waals surface area contributed by atoms with E-state index in [2.05, 4.69) is 4.72 Å². The Kier molecular flexibility index (Phi) is 6.46. The van der Waals surface area contributed by atoms with Gasteiger partial charge in [0.1, 0.15) is 5.82 Å². The van der Waals surface area contributed by atoms with Crippen LogP contribution in [0.15, 0.2) is 29.2 Å². The van der Waals surface area contributed by atoms with E-state index in [-0.39, 0.29) is 23.3 Å². The fraction of sp³-hybridized carbons (Fsp3) is 0.611. The van der Waals surface area contributed by atoms with Crippen LogP contribution in [0.4, 0.5) is 4.39 Å². The van der Waals surface area contributed by atoms with Gasteiger partial charge in [-0.3, -0.25) is 4.79 Å². The number of nitrogens with one attached hydrogen (secondary N) is 1. The molecule has 3 rings (SSSR count). The maximum absolute atomic E-state index is 13.3. The molecule has 2 atom stereocenters. The van der Waals surface area contributed by atoms with Gasteiger partial charge in [-0.25, -0.2) is 17.5 Å². The first-order valence-electron chi connectivity index (χ1n) is 9.27. The predicted octanol–water partition coefficient (Wildman–Crippen LogP) is 0.849. The fourth-order valence-corrected chi connectivity index (χ4v) is 4.98. The zero-order chi connectivity index (χ0) is 19.4. The van der Waals surface area contributed by atoms with Gasteiger partial charge in [-0.2, -0.15) is 0 Å². The van der Waals surface area contributed by atoms with Crippen LogP contribution in [0.2, 0.25) is 0 Å². The largest absolute Gasteiger partial charge is 0.381 e. The van der Waals surface area contributed by atoms with Crippen molar-refractivity contribution >= 4 is 15.9 Å². The van der Waals surface area contributed by atoms with E-state index in [0.29, 0.717) is 32.6 Å². The molecule has 1 aromatic rings. The van der Waals surface area contributed by atoms with Crippen molar-refractivity contribution in [1.29, 1.82) is 0 Å². The molecule has 1 aromatic carbocycles. The zero-order valence-corrected chi connectivity index (χ0v) is 16.0. The third kappa shape index (κ3) is 5.04. The van der Waals surface area contributed by atoms with E-state index in [1.54, 1.807) is 4.90 Å². The van der Waals surface area contributed by atoms with Gasteiger partial charge in [-0.15, -0.1) is 0 Å². The lowest BCUT2D eigenvalue weighted by molar-refractivity contribution is -0.136. The molecule has 0 saturated carbocycles. The average Bonchev–Trinajstić information content (AvgIpc) is 2.67. The second-order valence-corrected chi connectivity index (χ2v) is 8.89. The van der Waals surface area contributed by atoms with Crippen molar-refractivity contribution in [3.63, 3.8) is 0 Å². The summed E-state index contributed by atoms with van der Waals surface area (Å²) in [7, 11) is -3.85. The van der Waals surface area contributed by atoms with Crippen molar-refractivity contribution in [1.82, 2.24) is 9.62 Å². The number of piperidine rings is 1. The fourth-order valence-electron chi connectivity index (χ4n) is 3.68. The van der Waals surface area contributed by atoms with Crippen LogP contribution in [0.1, 0.15) is 25.7 Å².